The average molecular weight is 189 g/mol. The van der Waals surface area contributed by atoms with E-state index in [1.54, 1.807) is 0 Å². The first kappa shape index (κ1) is 14.6. The lowest BCUT2D eigenvalue weighted by Gasteiger charge is -1.97. The fraction of sp³-hybridized carbons (Fsp3) is 0.750. The minimum absolute atomic E-state index is 0.142. The Hall–Kier alpha value is -0.940. The van der Waals surface area contributed by atoms with E-state index in [2.05, 4.69) is 5.73 Å². The molecule has 0 aromatic carbocycles. The molecule has 0 atom stereocenters. The molecule has 0 aromatic heterocycles. The first-order valence-electron chi connectivity index (χ1n) is 4.32. The Morgan fingerprint density at radius 1 is 1.31 bits per heavy atom. The van der Waals surface area contributed by atoms with Crippen molar-refractivity contribution in [3.8, 4) is 0 Å². The highest BCUT2D eigenvalue weighted by atomic mass is 16.2. The molecule has 0 unspecified atom stereocenters. The number of carbonyl (C=O) groups is 2. The van der Waals surface area contributed by atoms with Crippen LogP contribution in [-0.4, -0.2) is 19.2 Å². The molecule has 0 spiro atoms. The van der Waals surface area contributed by atoms with Gasteiger partial charge in [0.15, 0.2) is 0 Å². The molecule has 0 aromatic rings. The van der Waals surface area contributed by atoms with Crippen molar-refractivity contribution in [2.24, 2.45) is 11.6 Å². The third-order valence-electron chi connectivity index (χ3n) is 1.39. The Morgan fingerprint density at radius 3 is 2.38 bits per heavy atom. The molecular formula is C8H19N3O2. The molecule has 5 heteroatoms. The van der Waals surface area contributed by atoms with Gasteiger partial charge in [-0.2, -0.15) is 0 Å². The van der Waals surface area contributed by atoms with Crippen LogP contribution in [0, 0.1) is 0 Å². The lowest BCUT2D eigenvalue weighted by molar-refractivity contribution is -0.121. The average Bonchev–Trinajstić information content (AvgIpc) is 2.20. The fourth-order valence-electron chi connectivity index (χ4n) is 0.762. The monoisotopic (exact) mass is 189 g/mol. The quantitative estimate of drug-likeness (QED) is 0.176. The van der Waals surface area contributed by atoms with Gasteiger partial charge in [0.2, 0.25) is 5.91 Å². The third-order valence-corrected chi connectivity index (χ3v) is 1.39. The molecule has 0 bridgehead atoms. The molecule has 0 radical (unpaired) electrons. The van der Waals surface area contributed by atoms with Crippen LogP contribution in [0.3, 0.4) is 0 Å². The first-order chi connectivity index (χ1) is 6.31. The van der Waals surface area contributed by atoms with Crippen LogP contribution in [0.15, 0.2) is 0 Å². The van der Waals surface area contributed by atoms with Crippen LogP contribution in [0.2, 0.25) is 0 Å². The maximum Gasteiger partial charge on any atom is 0.233 e. The van der Waals surface area contributed by atoms with Crippen molar-refractivity contribution in [3.63, 3.8) is 0 Å². The van der Waals surface area contributed by atoms with Gasteiger partial charge in [0.25, 0.3) is 0 Å². The van der Waals surface area contributed by atoms with Crippen molar-refractivity contribution >= 4 is 12.2 Å². The van der Waals surface area contributed by atoms with Crippen molar-refractivity contribution < 1.29 is 9.59 Å². The fourth-order valence-corrected chi connectivity index (χ4v) is 0.762. The number of rotatable bonds is 6. The van der Waals surface area contributed by atoms with E-state index >= 15 is 0 Å². The Bertz CT molecular complexity index is 129. The number of hydrogen-bond donors (Lipinski definition) is 3. The molecule has 1 amide bonds. The zero-order valence-corrected chi connectivity index (χ0v) is 8.08. The van der Waals surface area contributed by atoms with Crippen LogP contribution in [0.4, 0.5) is 0 Å². The molecule has 5 N–H and O–H groups in total. The summed E-state index contributed by atoms with van der Waals surface area (Å²) in [5.74, 6) is 4.71. The number of unbranched alkanes of at least 4 members (excludes halogenated alkanes) is 3. The van der Waals surface area contributed by atoms with Gasteiger partial charge in [-0.25, -0.2) is 5.84 Å². The molecule has 78 valence electrons. The van der Waals surface area contributed by atoms with Gasteiger partial charge in [0, 0.05) is 12.8 Å². The van der Waals surface area contributed by atoms with E-state index < -0.39 is 0 Å². The maximum absolute atomic E-state index is 10.5. The summed E-state index contributed by atoms with van der Waals surface area (Å²) in [5.41, 5.74) is 6.55. The number of nitrogens with one attached hydrogen (secondary N) is 1. The van der Waals surface area contributed by atoms with Crippen LogP contribution in [0.1, 0.15) is 32.1 Å². The number of nitrogens with two attached hydrogens (primary N) is 2. The Morgan fingerprint density at radius 2 is 1.92 bits per heavy atom. The van der Waals surface area contributed by atoms with Crippen LogP contribution in [0.5, 0.6) is 0 Å². The first-order valence-corrected chi connectivity index (χ1v) is 4.32. The summed E-state index contributed by atoms with van der Waals surface area (Å²) < 4.78 is 0. The van der Waals surface area contributed by atoms with Gasteiger partial charge in [-0.05, 0) is 19.9 Å². The molecule has 0 aliphatic heterocycles. The highest BCUT2D eigenvalue weighted by Gasteiger charge is 1.96. The number of amides is 1. The van der Waals surface area contributed by atoms with Crippen LogP contribution in [0.25, 0.3) is 0 Å². The van der Waals surface area contributed by atoms with Crippen molar-refractivity contribution in [2.45, 2.75) is 32.1 Å². The lowest BCUT2D eigenvalue weighted by Crippen LogP contribution is -2.29. The van der Waals surface area contributed by atoms with Crippen LogP contribution < -0.4 is 17.0 Å². The second-order valence-electron chi connectivity index (χ2n) is 2.33. The highest BCUT2D eigenvalue weighted by molar-refractivity contribution is 5.75. The standard InChI is InChI=1S/C7H14N2O2.CH5N/c8-9-7(11)5-3-1-2-4-6-10;1-2/h6H,1-5,8H2,(H,9,11);2H2,1H3. The van der Waals surface area contributed by atoms with E-state index in [1.807, 2.05) is 5.43 Å². The summed E-state index contributed by atoms with van der Waals surface area (Å²) in [6.45, 7) is 0. The van der Waals surface area contributed by atoms with Crippen molar-refractivity contribution in [3.05, 3.63) is 0 Å². The molecule has 0 saturated heterocycles. The van der Waals surface area contributed by atoms with Gasteiger partial charge in [0.1, 0.15) is 6.29 Å². The van der Waals surface area contributed by atoms with Gasteiger partial charge in [-0.15, -0.1) is 0 Å². The summed E-state index contributed by atoms with van der Waals surface area (Å²) >= 11 is 0. The zero-order chi connectivity index (χ0) is 10.5. The number of aldehydes is 1. The van der Waals surface area contributed by atoms with E-state index in [0.717, 1.165) is 25.5 Å². The lowest BCUT2D eigenvalue weighted by atomic mass is 10.1. The largest absolute Gasteiger partial charge is 0.333 e. The van der Waals surface area contributed by atoms with Gasteiger partial charge < -0.3 is 10.5 Å². The summed E-state index contributed by atoms with van der Waals surface area (Å²) in [6.07, 6.45) is 4.51. The number of hydrazine groups is 1. The Kier molecular flexibility index (Phi) is 15.3. The van der Waals surface area contributed by atoms with E-state index in [9.17, 15) is 9.59 Å². The summed E-state index contributed by atoms with van der Waals surface area (Å²) in [7, 11) is 1.50. The molecule has 0 rings (SSSR count). The number of carbonyl (C=O) groups excluding carboxylic acids is 2. The van der Waals surface area contributed by atoms with Gasteiger partial charge in [-0.1, -0.05) is 6.42 Å². The molecule has 5 nitrogen and oxygen atoms in total. The van der Waals surface area contributed by atoms with Gasteiger partial charge in [-0.3, -0.25) is 10.2 Å². The predicted molar refractivity (Wildman–Crippen MR) is 51.6 cm³/mol. The summed E-state index contributed by atoms with van der Waals surface area (Å²) in [6, 6.07) is 0. The van der Waals surface area contributed by atoms with Crippen LogP contribution in [-0.2, 0) is 9.59 Å². The normalized spacial score (nSPS) is 8.23. The van der Waals surface area contributed by atoms with Crippen LogP contribution >= 0.6 is 0 Å². The second-order valence-corrected chi connectivity index (χ2v) is 2.33. The Labute approximate surface area is 78.8 Å². The molecule has 0 aliphatic rings. The SMILES string of the molecule is CN.NNC(=O)CCCCCC=O. The smallest absolute Gasteiger partial charge is 0.233 e. The minimum atomic E-state index is -0.142. The highest BCUT2D eigenvalue weighted by Crippen LogP contribution is 2.00. The van der Waals surface area contributed by atoms with E-state index in [4.69, 9.17) is 5.84 Å². The molecule has 0 saturated carbocycles. The van der Waals surface area contributed by atoms with Gasteiger partial charge >= 0.3 is 0 Å². The molecular weight excluding hydrogens is 170 g/mol. The summed E-state index contributed by atoms with van der Waals surface area (Å²) in [4.78, 5) is 20.4. The molecule has 0 fully saturated rings. The topological polar surface area (TPSA) is 98.2 Å². The number of hydrogen-bond acceptors (Lipinski definition) is 4. The van der Waals surface area contributed by atoms with Crippen molar-refractivity contribution in [2.75, 3.05) is 7.05 Å². The Balaban J connectivity index is 0. The summed E-state index contributed by atoms with van der Waals surface area (Å²) in [5, 5.41) is 0. The van der Waals surface area contributed by atoms with Crippen molar-refractivity contribution in [1.82, 2.24) is 5.43 Å². The minimum Gasteiger partial charge on any atom is -0.333 e. The molecule has 0 aliphatic carbocycles. The molecule has 0 heterocycles. The molecule has 13 heavy (non-hydrogen) atoms. The van der Waals surface area contributed by atoms with E-state index in [0.29, 0.717) is 12.8 Å². The zero-order valence-electron chi connectivity index (χ0n) is 8.08. The van der Waals surface area contributed by atoms with E-state index in [-0.39, 0.29) is 5.91 Å². The maximum atomic E-state index is 10.5. The van der Waals surface area contributed by atoms with Crippen molar-refractivity contribution in [1.29, 1.82) is 0 Å². The second kappa shape index (κ2) is 13.6. The predicted octanol–water partition coefficient (Wildman–Crippen LogP) is -0.299. The van der Waals surface area contributed by atoms with Gasteiger partial charge in [0.05, 0.1) is 0 Å². The van der Waals surface area contributed by atoms with E-state index in [1.165, 1.54) is 7.05 Å². The third kappa shape index (κ3) is 14.0.